The van der Waals surface area contributed by atoms with Gasteiger partial charge >= 0.3 is 0 Å². The number of ether oxygens (including phenoxy) is 2. The zero-order chi connectivity index (χ0) is 20.3. The average Bonchev–Trinajstić information content (AvgIpc) is 3.01. The number of rotatable bonds is 6. The molecule has 0 radical (unpaired) electrons. The molecule has 0 aliphatic heterocycles. The van der Waals surface area contributed by atoms with Crippen LogP contribution in [0, 0.1) is 10.1 Å². The minimum Gasteiger partial charge on any atom is -0.493 e. The number of H-pyrrole nitrogens is 1. The lowest BCUT2D eigenvalue weighted by atomic mass is 10.2. The number of para-hydroxylation sites is 2. The Bertz CT molecular complexity index is 1050. The monoisotopic (exact) mass is 510 g/mol. The number of aromatic amines is 1. The van der Waals surface area contributed by atoms with E-state index in [1.54, 1.807) is 24.3 Å². The number of benzene rings is 2. The van der Waals surface area contributed by atoms with Crippen LogP contribution in [0.25, 0.3) is 0 Å². The zero-order valence-electron chi connectivity index (χ0n) is 14.2. The Kier molecular flexibility index (Phi) is 5.95. The lowest BCUT2D eigenvalue weighted by molar-refractivity contribution is -0.384. The first-order valence-corrected chi connectivity index (χ1v) is 9.28. The van der Waals surface area contributed by atoms with E-state index in [2.05, 4.69) is 47.4 Å². The molecule has 0 atom stereocenters. The second-order valence-electron chi connectivity index (χ2n) is 5.38. The molecule has 0 unspecified atom stereocenters. The van der Waals surface area contributed by atoms with Crippen molar-refractivity contribution in [2.75, 3.05) is 12.4 Å². The quantitative estimate of drug-likeness (QED) is 0.359. The van der Waals surface area contributed by atoms with Crippen molar-refractivity contribution in [3.63, 3.8) is 0 Å². The Labute approximate surface area is 175 Å². The molecule has 144 valence electrons. The number of hydrogen-bond donors (Lipinski definition) is 2. The van der Waals surface area contributed by atoms with Crippen LogP contribution in [-0.4, -0.2) is 28.1 Å². The number of carbonyl (C=O) groups excluding carboxylic acids is 1. The number of nitro groups is 1. The van der Waals surface area contributed by atoms with Gasteiger partial charge < -0.3 is 14.8 Å². The van der Waals surface area contributed by atoms with Crippen LogP contribution in [0.2, 0.25) is 0 Å². The zero-order valence-corrected chi connectivity index (χ0v) is 17.4. The Hall–Kier alpha value is -2.92. The normalized spacial score (nSPS) is 10.4. The first-order chi connectivity index (χ1) is 13.4. The standard InChI is InChI=1S/C17H12Br2N4O5/c1-27-12-4-2-3-5-13(12)28-11-7-9(6-10(8-11)23(25)26)20-17(24)15-14(18)16(19)22-21-15/h2-8H,1H3,(H,20,24)(H,21,22). The Morgan fingerprint density at radius 2 is 1.93 bits per heavy atom. The number of aromatic nitrogens is 2. The fraction of sp³-hybridized carbons (Fsp3) is 0.0588. The summed E-state index contributed by atoms with van der Waals surface area (Å²) in [7, 11) is 1.49. The van der Waals surface area contributed by atoms with Crippen molar-refractivity contribution < 1.29 is 19.2 Å². The van der Waals surface area contributed by atoms with E-state index in [1.807, 2.05) is 0 Å². The van der Waals surface area contributed by atoms with Crippen molar-refractivity contribution in [1.29, 1.82) is 0 Å². The van der Waals surface area contributed by atoms with Crippen LogP contribution in [0.1, 0.15) is 10.5 Å². The van der Waals surface area contributed by atoms with Gasteiger partial charge in [-0.3, -0.25) is 20.0 Å². The van der Waals surface area contributed by atoms with Gasteiger partial charge in [0.15, 0.2) is 17.2 Å². The van der Waals surface area contributed by atoms with E-state index in [-0.39, 0.29) is 22.8 Å². The summed E-state index contributed by atoms with van der Waals surface area (Å²) < 4.78 is 11.9. The van der Waals surface area contributed by atoms with Crippen LogP contribution < -0.4 is 14.8 Å². The molecule has 0 spiro atoms. The predicted molar refractivity (Wildman–Crippen MR) is 108 cm³/mol. The van der Waals surface area contributed by atoms with Gasteiger partial charge in [-0.15, -0.1) is 0 Å². The number of carbonyl (C=O) groups is 1. The molecule has 0 aliphatic carbocycles. The fourth-order valence-corrected chi connectivity index (χ4v) is 2.93. The van der Waals surface area contributed by atoms with E-state index >= 15 is 0 Å². The molecule has 0 bridgehead atoms. The van der Waals surface area contributed by atoms with E-state index in [4.69, 9.17) is 9.47 Å². The van der Waals surface area contributed by atoms with E-state index in [0.717, 1.165) is 0 Å². The van der Waals surface area contributed by atoms with Gasteiger partial charge in [0.2, 0.25) is 0 Å². The Morgan fingerprint density at radius 3 is 2.54 bits per heavy atom. The topological polar surface area (TPSA) is 119 Å². The molecule has 3 aromatic rings. The maximum Gasteiger partial charge on any atom is 0.277 e. The molecule has 28 heavy (non-hydrogen) atoms. The Morgan fingerprint density at radius 1 is 1.21 bits per heavy atom. The number of hydrogen-bond acceptors (Lipinski definition) is 6. The third-order valence-electron chi connectivity index (χ3n) is 3.54. The van der Waals surface area contributed by atoms with Gasteiger partial charge in [0, 0.05) is 12.1 Å². The second-order valence-corrected chi connectivity index (χ2v) is 6.97. The molecule has 11 heteroatoms. The summed E-state index contributed by atoms with van der Waals surface area (Å²) in [4.78, 5) is 23.1. The third kappa shape index (κ3) is 4.31. The Balaban J connectivity index is 1.92. The molecule has 0 fully saturated rings. The summed E-state index contributed by atoms with van der Waals surface area (Å²) in [5, 5.41) is 20.3. The number of nitro benzene ring substituents is 1. The van der Waals surface area contributed by atoms with Crippen molar-refractivity contribution in [1.82, 2.24) is 10.2 Å². The van der Waals surface area contributed by atoms with E-state index < -0.39 is 10.8 Å². The maximum atomic E-state index is 12.4. The van der Waals surface area contributed by atoms with Gasteiger partial charge in [-0.05, 0) is 44.0 Å². The second kappa shape index (κ2) is 8.40. The average molecular weight is 512 g/mol. The van der Waals surface area contributed by atoms with E-state index in [0.29, 0.717) is 20.6 Å². The molecule has 9 nitrogen and oxygen atoms in total. The van der Waals surface area contributed by atoms with Gasteiger partial charge in [0.25, 0.3) is 11.6 Å². The van der Waals surface area contributed by atoms with Crippen molar-refractivity contribution in [3.8, 4) is 17.2 Å². The van der Waals surface area contributed by atoms with Crippen LogP contribution in [0.3, 0.4) is 0 Å². The summed E-state index contributed by atoms with van der Waals surface area (Å²) in [6.45, 7) is 0. The van der Waals surface area contributed by atoms with Crippen LogP contribution in [0.15, 0.2) is 51.5 Å². The number of methoxy groups -OCH3 is 1. The number of non-ortho nitro benzene ring substituents is 1. The predicted octanol–water partition coefficient (Wildman–Crippen LogP) is 4.90. The third-order valence-corrected chi connectivity index (χ3v) is 5.42. The molecular formula is C17H12Br2N4O5. The lowest BCUT2D eigenvalue weighted by Gasteiger charge is -2.11. The number of anilines is 1. The van der Waals surface area contributed by atoms with Crippen LogP contribution in [-0.2, 0) is 0 Å². The molecule has 0 saturated heterocycles. The van der Waals surface area contributed by atoms with Gasteiger partial charge in [0.1, 0.15) is 10.4 Å². The fourth-order valence-electron chi connectivity index (χ4n) is 2.30. The highest BCUT2D eigenvalue weighted by Gasteiger charge is 2.19. The van der Waals surface area contributed by atoms with E-state index in [1.165, 1.54) is 25.3 Å². The lowest BCUT2D eigenvalue weighted by Crippen LogP contribution is -2.13. The van der Waals surface area contributed by atoms with Crippen LogP contribution >= 0.6 is 31.9 Å². The summed E-state index contributed by atoms with van der Waals surface area (Å²) in [6, 6.07) is 10.8. The molecule has 1 aromatic heterocycles. The van der Waals surface area contributed by atoms with Crippen LogP contribution in [0.5, 0.6) is 17.2 Å². The molecule has 3 rings (SSSR count). The molecule has 0 aliphatic rings. The highest BCUT2D eigenvalue weighted by atomic mass is 79.9. The molecule has 0 saturated carbocycles. The SMILES string of the molecule is COc1ccccc1Oc1cc(NC(=O)c2n[nH]c(Br)c2Br)cc([N+](=O)[O-])c1. The van der Waals surface area contributed by atoms with Gasteiger partial charge in [-0.25, -0.2) is 0 Å². The van der Waals surface area contributed by atoms with Crippen molar-refractivity contribution in [3.05, 3.63) is 67.3 Å². The summed E-state index contributed by atoms with van der Waals surface area (Å²) in [5.74, 6) is 0.445. The van der Waals surface area contributed by atoms with Crippen LogP contribution in [0.4, 0.5) is 11.4 Å². The van der Waals surface area contributed by atoms with Gasteiger partial charge in [-0.1, -0.05) is 12.1 Å². The number of nitrogens with one attached hydrogen (secondary N) is 2. The van der Waals surface area contributed by atoms with Crippen molar-refractivity contribution in [2.45, 2.75) is 0 Å². The summed E-state index contributed by atoms with van der Waals surface area (Å²) in [6.07, 6.45) is 0. The minimum absolute atomic E-state index is 0.0885. The maximum absolute atomic E-state index is 12.4. The summed E-state index contributed by atoms with van der Waals surface area (Å²) in [5.41, 5.74) is 0.0191. The molecule has 1 amide bonds. The van der Waals surface area contributed by atoms with Crippen molar-refractivity contribution >= 4 is 49.1 Å². The summed E-state index contributed by atoms with van der Waals surface area (Å²) >= 11 is 6.42. The largest absolute Gasteiger partial charge is 0.493 e. The molecule has 1 heterocycles. The van der Waals surface area contributed by atoms with Gasteiger partial charge in [0.05, 0.1) is 28.3 Å². The molecule has 2 N–H and O–H groups in total. The highest BCUT2D eigenvalue weighted by molar-refractivity contribution is 9.13. The molecular weight excluding hydrogens is 500 g/mol. The first kappa shape index (κ1) is 19.8. The molecule has 2 aromatic carbocycles. The van der Waals surface area contributed by atoms with E-state index in [9.17, 15) is 14.9 Å². The minimum atomic E-state index is -0.578. The number of halogens is 2. The highest BCUT2D eigenvalue weighted by Crippen LogP contribution is 2.34. The van der Waals surface area contributed by atoms with Crippen molar-refractivity contribution in [2.24, 2.45) is 0 Å². The van der Waals surface area contributed by atoms with Gasteiger partial charge in [-0.2, -0.15) is 5.10 Å². The smallest absolute Gasteiger partial charge is 0.277 e. The number of amides is 1. The first-order valence-electron chi connectivity index (χ1n) is 7.70. The number of nitrogens with zero attached hydrogens (tertiary/aromatic N) is 2.